The molecule has 5 nitrogen and oxygen atoms in total. The number of fused-ring (bicyclic) bond motifs is 1. The molecule has 0 saturated carbocycles. The van der Waals surface area contributed by atoms with E-state index in [-0.39, 0.29) is 17.0 Å². The first kappa shape index (κ1) is 19.8. The minimum Gasteiger partial charge on any atom is -0.496 e. The molecule has 1 saturated heterocycles. The molecule has 7 heteroatoms. The van der Waals surface area contributed by atoms with E-state index in [4.69, 9.17) is 26.1 Å². The van der Waals surface area contributed by atoms with Crippen molar-refractivity contribution in [3.63, 3.8) is 0 Å². The lowest BCUT2D eigenvalue weighted by Gasteiger charge is -2.28. The number of ether oxygens (including phenoxy) is 2. The second-order valence-electron chi connectivity index (χ2n) is 6.51. The highest BCUT2D eigenvalue weighted by atomic mass is 79.9. The molecule has 1 aliphatic rings. The molecule has 0 atom stereocenters. The second kappa shape index (κ2) is 8.40. The van der Waals surface area contributed by atoms with Crippen LogP contribution in [0.15, 0.2) is 36.7 Å². The lowest BCUT2D eigenvalue weighted by Crippen LogP contribution is -2.29. The summed E-state index contributed by atoms with van der Waals surface area (Å²) in [5, 5.41) is 0.536. The van der Waals surface area contributed by atoms with Gasteiger partial charge < -0.3 is 18.8 Å². The summed E-state index contributed by atoms with van der Waals surface area (Å²) in [4.78, 5) is 7.23. The number of hydrogen-bond donors (Lipinski definition) is 0. The zero-order chi connectivity index (χ0) is 18.1. The molecule has 0 aliphatic carbocycles. The van der Waals surface area contributed by atoms with Crippen molar-refractivity contribution in [2.75, 3.05) is 32.2 Å². The van der Waals surface area contributed by atoms with E-state index in [2.05, 4.69) is 23.2 Å². The van der Waals surface area contributed by atoms with Gasteiger partial charge in [-0.15, -0.1) is 17.0 Å². The minimum absolute atomic E-state index is 0. The summed E-state index contributed by atoms with van der Waals surface area (Å²) in [7, 11) is 3.23. The van der Waals surface area contributed by atoms with Crippen LogP contribution in [-0.2, 0) is 0 Å². The van der Waals surface area contributed by atoms with Gasteiger partial charge in [0.15, 0.2) is 0 Å². The topological polar surface area (TPSA) is 39.0 Å². The number of hydrogen-bond acceptors (Lipinski definition) is 4. The zero-order valence-corrected chi connectivity index (χ0v) is 17.9. The van der Waals surface area contributed by atoms with E-state index in [1.165, 1.54) is 24.9 Å². The van der Waals surface area contributed by atoms with Gasteiger partial charge in [0.05, 0.1) is 24.9 Å². The van der Waals surface area contributed by atoms with Gasteiger partial charge in [0.25, 0.3) is 0 Å². The second-order valence-corrected chi connectivity index (χ2v) is 6.92. The van der Waals surface area contributed by atoms with E-state index in [0.717, 1.165) is 30.0 Å². The summed E-state index contributed by atoms with van der Waals surface area (Å²) in [6.07, 6.45) is 7.90. The summed E-state index contributed by atoms with van der Waals surface area (Å²) in [6.45, 7) is 2.23. The van der Waals surface area contributed by atoms with E-state index in [1.807, 2.05) is 16.7 Å². The van der Waals surface area contributed by atoms with Crippen molar-refractivity contribution in [3.8, 4) is 22.8 Å². The third-order valence-corrected chi connectivity index (χ3v) is 5.21. The number of methoxy groups -OCH3 is 2. The number of imidazole rings is 1. The predicted octanol–water partition coefficient (Wildman–Crippen LogP) is 5.24. The maximum absolute atomic E-state index is 6.31. The van der Waals surface area contributed by atoms with Crippen molar-refractivity contribution >= 4 is 39.9 Å². The summed E-state index contributed by atoms with van der Waals surface area (Å²) in [5.74, 6) is 1.27. The molecule has 0 bridgehead atoms. The van der Waals surface area contributed by atoms with Crippen molar-refractivity contribution in [1.82, 2.24) is 9.38 Å². The summed E-state index contributed by atoms with van der Waals surface area (Å²) < 4.78 is 12.8. The normalized spacial score (nSPS) is 14.1. The molecule has 3 heterocycles. The number of aromatic nitrogens is 2. The van der Waals surface area contributed by atoms with Gasteiger partial charge in [-0.25, -0.2) is 4.98 Å². The minimum atomic E-state index is 0. The van der Waals surface area contributed by atoms with Crippen molar-refractivity contribution in [1.29, 1.82) is 0 Å². The largest absolute Gasteiger partial charge is 0.496 e. The average molecular weight is 453 g/mol. The lowest BCUT2D eigenvalue weighted by atomic mass is 10.1. The molecule has 3 aromatic rings. The molecule has 0 N–H and O–H groups in total. The van der Waals surface area contributed by atoms with Crippen LogP contribution >= 0.6 is 28.6 Å². The van der Waals surface area contributed by atoms with Crippen LogP contribution in [0.4, 0.5) is 5.69 Å². The molecule has 0 unspecified atom stereocenters. The van der Waals surface area contributed by atoms with Gasteiger partial charge in [-0.2, -0.15) is 0 Å². The molecule has 0 spiro atoms. The molecule has 144 valence electrons. The Morgan fingerprint density at radius 2 is 1.74 bits per heavy atom. The van der Waals surface area contributed by atoms with Gasteiger partial charge in [-0.3, -0.25) is 0 Å². The zero-order valence-electron chi connectivity index (χ0n) is 15.4. The van der Waals surface area contributed by atoms with E-state index < -0.39 is 0 Å². The third kappa shape index (κ3) is 3.87. The van der Waals surface area contributed by atoms with Crippen molar-refractivity contribution in [2.24, 2.45) is 0 Å². The molecule has 2 aromatic heterocycles. The number of pyridine rings is 1. The Bertz CT molecular complexity index is 938. The van der Waals surface area contributed by atoms with E-state index in [0.29, 0.717) is 16.5 Å². The highest BCUT2D eigenvalue weighted by Crippen LogP contribution is 2.38. The number of benzene rings is 1. The maximum atomic E-state index is 6.31. The van der Waals surface area contributed by atoms with Gasteiger partial charge in [0.2, 0.25) is 0 Å². The highest BCUT2D eigenvalue weighted by Gasteiger charge is 2.16. The van der Waals surface area contributed by atoms with E-state index >= 15 is 0 Å². The molecular weight excluding hydrogens is 430 g/mol. The Hall–Kier alpha value is -1.92. The maximum Gasteiger partial charge on any atom is 0.141 e. The number of halogens is 2. The Balaban J connectivity index is 0.00000210. The van der Waals surface area contributed by atoms with Crippen LogP contribution in [0.3, 0.4) is 0 Å². The number of anilines is 1. The van der Waals surface area contributed by atoms with Gasteiger partial charge in [-0.05, 0) is 31.4 Å². The van der Waals surface area contributed by atoms with Crippen molar-refractivity contribution in [2.45, 2.75) is 19.3 Å². The summed E-state index contributed by atoms with van der Waals surface area (Å²) >= 11 is 6.31. The van der Waals surface area contributed by atoms with Crippen molar-refractivity contribution in [3.05, 3.63) is 41.7 Å². The van der Waals surface area contributed by atoms with Crippen LogP contribution in [-0.4, -0.2) is 36.7 Å². The Morgan fingerprint density at radius 3 is 2.44 bits per heavy atom. The molecule has 27 heavy (non-hydrogen) atoms. The molecule has 4 rings (SSSR count). The van der Waals surface area contributed by atoms with Crippen LogP contribution < -0.4 is 14.4 Å². The van der Waals surface area contributed by atoms with Crippen LogP contribution in [0.25, 0.3) is 16.9 Å². The fourth-order valence-corrected chi connectivity index (χ4v) is 3.75. The van der Waals surface area contributed by atoms with Crippen LogP contribution in [0.2, 0.25) is 5.02 Å². The lowest BCUT2D eigenvalue weighted by molar-refractivity contribution is 0.395. The molecule has 1 aromatic carbocycles. The number of rotatable bonds is 4. The number of piperidine rings is 1. The molecule has 1 aliphatic heterocycles. The Kier molecular flexibility index (Phi) is 6.17. The fraction of sp³-hybridized carbons (Fsp3) is 0.350. The smallest absolute Gasteiger partial charge is 0.141 e. The third-order valence-electron chi connectivity index (χ3n) is 4.91. The highest BCUT2D eigenvalue weighted by molar-refractivity contribution is 8.93. The predicted molar refractivity (Wildman–Crippen MR) is 115 cm³/mol. The van der Waals surface area contributed by atoms with Gasteiger partial charge in [0.1, 0.15) is 17.1 Å². The quantitative estimate of drug-likeness (QED) is 0.543. The standard InChI is InChI=1S/C20H22ClN3O2.BrH/c1-25-18-12-19(26-2)16(21)11-15(18)17-13-24-9-6-14(10-20(24)22-17)23-7-4-3-5-8-23;/h6,9-13H,3-5,7-8H2,1-2H3;1H. The van der Waals surface area contributed by atoms with E-state index in [9.17, 15) is 0 Å². The molecule has 1 fully saturated rings. The average Bonchev–Trinajstić information content (AvgIpc) is 3.11. The summed E-state index contributed by atoms with van der Waals surface area (Å²) in [6, 6.07) is 7.93. The van der Waals surface area contributed by atoms with Crippen LogP contribution in [0.5, 0.6) is 11.5 Å². The van der Waals surface area contributed by atoms with Crippen molar-refractivity contribution < 1.29 is 9.47 Å². The first-order valence-corrected chi connectivity index (χ1v) is 9.23. The van der Waals surface area contributed by atoms with Crippen LogP contribution in [0.1, 0.15) is 19.3 Å². The van der Waals surface area contributed by atoms with E-state index in [1.54, 1.807) is 20.3 Å². The Labute approximate surface area is 174 Å². The first-order valence-electron chi connectivity index (χ1n) is 8.85. The first-order chi connectivity index (χ1) is 12.7. The molecule has 0 amide bonds. The van der Waals surface area contributed by atoms with Gasteiger partial charge in [0, 0.05) is 48.9 Å². The fourth-order valence-electron chi connectivity index (χ4n) is 3.51. The number of nitrogens with zero attached hydrogens (tertiary/aromatic N) is 3. The SMILES string of the molecule is Br.COc1cc(OC)c(-c2cn3ccc(N4CCCCC4)cc3n2)cc1Cl. The summed E-state index contributed by atoms with van der Waals surface area (Å²) in [5.41, 5.74) is 3.81. The monoisotopic (exact) mass is 451 g/mol. The van der Waals surface area contributed by atoms with Gasteiger partial charge in [-0.1, -0.05) is 11.6 Å². The van der Waals surface area contributed by atoms with Gasteiger partial charge >= 0.3 is 0 Å². The molecule has 0 radical (unpaired) electrons. The molecular formula is C20H23BrClN3O2. The van der Waals surface area contributed by atoms with Crippen LogP contribution in [0, 0.1) is 0 Å². The Morgan fingerprint density at radius 1 is 1.00 bits per heavy atom.